The Bertz CT molecular complexity index is 1000. The highest BCUT2D eigenvalue weighted by molar-refractivity contribution is 8.26. The van der Waals surface area contributed by atoms with Gasteiger partial charge < -0.3 is 15.5 Å². The highest BCUT2D eigenvalue weighted by Crippen LogP contribution is 2.32. The molecule has 0 aromatic heterocycles. The van der Waals surface area contributed by atoms with Crippen molar-refractivity contribution in [3.05, 3.63) is 64.6 Å². The Morgan fingerprint density at radius 2 is 1.89 bits per heavy atom. The summed E-state index contributed by atoms with van der Waals surface area (Å²) in [6.07, 6.45) is 1.71. The number of benzene rings is 2. The van der Waals surface area contributed by atoms with Crippen LogP contribution in [0, 0.1) is 0 Å². The van der Waals surface area contributed by atoms with Crippen LogP contribution in [0.4, 0.5) is 5.69 Å². The molecular formula is C19H14N2O5S2. The molecule has 0 bridgehead atoms. The van der Waals surface area contributed by atoms with Gasteiger partial charge in [-0.25, -0.2) is 4.79 Å². The number of carboxylic acid groups (broad SMARTS) is 1. The largest absolute Gasteiger partial charge is 0.507 e. The second-order valence-electron chi connectivity index (χ2n) is 5.76. The van der Waals surface area contributed by atoms with Gasteiger partial charge in [-0.05, 0) is 23.8 Å². The van der Waals surface area contributed by atoms with E-state index in [1.807, 2.05) is 30.3 Å². The topological polar surface area (TPSA) is 107 Å². The quantitative estimate of drug-likeness (QED) is 0.510. The highest BCUT2D eigenvalue weighted by Gasteiger charge is 2.33. The van der Waals surface area contributed by atoms with Gasteiger partial charge in [0.1, 0.15) is 22.2 Å². The number of hydrogen-bond acceptors (Lipinski definition) is 6. The lowest BCUT2D eigenvalue weighted by atomic mass is 10.2. The molecule has 2 aromatic carbocycles. The first kappa shape index (κ1) is 19.6. The molecule has 1 aliphatic heterocycles. The van der Waals surface area contributed by atoms with Gasteiger partial charge in [-0.3, -0.25) is 14.5 Å². The van der Waals surface area contributed by atoms with Crippen LogP contribution in [0.25, 0.3) is 6.08 Å². The number of nitrogens with zero attached hydrogens (tertiary/aromatic N) is 1. The van der Waals surface area contributed by atoms with Crippen molar-refractivity contribution in [1.82, 2.24) is 4.90 Å². The summed E-state index contributed by atoms with van der Waals surface area (Å²) in [4.78, 5) is 37.3. The third kappa shape index (κ3) is 4.38. The molecule has 1 saturated heterocycles. The molecule has 1 heterocycles. The minimum Gasteiger partial charge on any atom is -0.507 e. The fourth-order valence-electron chi connectivity index (χ4n) is 2.47. The first-order chi connectivity index (χ1) is 13.3. The normalized spacial score (nSPS) is 15.1. The van der Waals surface area contributed by atoms with Crippen molar-refractivity contribution in [1.29, 1.82) is 0 Å². The van der Waals surface area contributed by atoms with Gasteiger partial charge in [-0.15, -0.1) is 0 Å². The predicted octanol–water partition coefficient (Wildman–Crippen LogP) is 2.93. The summed E-state index contributed by atoms with van der Waals surface area (Å²) in [7, 11) is 0. The standard InChI is InChI=1S/C19H14N2O5S2/c22-14-9-12(6-7-13(14)18(25)26)20-16(23)10-21-17(24)15(28-19(21)27)8-11-4-2-1-3-5-11/h1-9,22H,10H2,(H,20,23)(H,25,26)/b15-8+. The molecule has 9 heteroatoms. The van der Waals surface area contributed by atoms with E-state index in [0.717, 1.165) is 23.4 Å². The number of carboxylic acids is 1. The molecule has 0 unspecified atom stereocenters. The Labute approximate surface area is 169 Å². The van der Waals surface area contributed by atoms with Crippen molar-refractivity contribution in [3.8, 4) is 5.75 Å². The number of thioether (sulfide) groups is 1. The molecule has 0 saturated carbocycles. The zero-order chi connectivity index (χ0) is 20.3. The van der Waals surface area contributed by atoms with Crippen LogP contribution in [0.15, 0.2) is 53.4 Å². The lowest BCUT2D eigenvalue weighted by molar-refractivity contribution is -0.126. The van der Waals surface area contributed by atoms with Crippen LogP contribution in [-0.2, 0) is 9.59 Å². The molecular weight excluding hydrogens is 400 g/mol. The van der Waals surface area contributed by atoms with Gasteiger partial charge >= 0.3 is 5.97 Å². The molecule has 0 radical (unpaired) electrons. The number of hydrogen-bond donors (Lipinski definition) is 3. The van der Waals surface area contributed by atoms with E-state index >= 15 is 0 Å². The molecule has 3 N–H and O–H groups in total. The third-order valence-electron chi connectivity index (χ3n) is 3.78. The van der Waals surface area contributed by atoms with Crippen molar-refractivity contribution in [3.63, 3.8) is 0 Å². The smallest absolute Gasteiger partial charge is 0.339 e. The summed E-state index contributed by atoms with van der Waals surface area (Å²) in [5.74, 6) is -2.64. The lowest BCUT2D eigenvalue weighted by Crippen LogP contribution is -2.36. The van der Waals surface area contributed by atoms with Crippen LogP contribution in [0.3, 0.4) is 0 Å². The number of thiocarbonyl (C=S) groups is 1. The average molecular weight is 414 g/mol. The first-order valence-electron chi connectivity index (χ1n) is 8.02. The maximum atomic E-state index is 12.5. The van der Waals surface area contributed by atoms with Gasteiger partial charge in [-0.1, -0.05) is 54.3 Å². The first-order valence-corrected chi connectivity index (χ1v) is 9.24. The molecule has 0 spiro atoms. The van der Waals surface area contributed by atoms with Gasteiger partial charge in [0.15, 0.2) is 0 Å². The van der Waals surface area contributed by atoms with Crippen LogP contribution in [0.1, 0.15) is 15.9 Å². The number of aromatic hydroxyl groups is 1. The van der Waals surface area contributed by atoms with E-state index in [4.69, 9.17) is 17.3 Å². The van der Waals surface area contributed by atoms with Gasteiger partial charge in [0.05, 0.1) is 4.91 Å². The van der Waals surface area contributed by atoms with Crippen molar-refractivity contribution in [2.45, 2.75) is 0 Å². The van der Waals surface area contributed by atoms with Crippen LogP contribution in [-0.4, -0.2) is 43.8 Å². The lowest BCUT2D eigenvalue weighted by Gasteiger charge is -2.14. The third-order valence-corrected chi connectivity index (χ3v) is 5.16. The van der Waals surface area contributed by atoms with E-state index in [0.29, 0.717) is 4.91 Å². The number of amides is 2. The number of carbonyl (C=O) groups excluding carboxylic acids is 2. The molecule has 0 atom stereocenters. The number of anilines is 1. The second-order valence-corrected chi connectivity index (χ2v) is 7.44. The van der Waals surface area contributed by atoms with E-state index in [2.05, 4.69) is 5.32 Å². The van der Waals surface area contributed by atoms with Crippen LogP contribution < -0.4 is 5.32 Å². The van der Waals surface area contributed by atoms with E-state index in [-0.39, 0.29) is 28.0 Å². The minimum absolute atomic E-state index is 0.206. The summed E-state index contributed by atoms with van der Waals surface area (Å²) in [5, 5.41) is 21.1. The Morgan fingerprint density at radius 1 is 1.18 bits per heavy atom. The Morgan fingerprint density at radius 3 is 2.54 bits per heavy atom. The van der Waals surface area contributed by atoms with Crippen LogP contribution >= 0.6 is 24.0 Å². The molecule has 28 heavy (non-hydrogen) atoms. The zero-order valence-corrected chi connectivity index (χ0v) is 15.9. The van der Waals surface area contributed by atoms with Gasteiger partial charge in [-0.2, -0.15) is 0 Å². The Hall–Kier alpha value is -3.17. The summed E-state index contributed by atoms with van der Waals surface area (Å²) < 4.78 is 0.270. The SMILES string of the molecule is O=C(CN1C(=O)/C(=C\c2ccccc2)SC1=S)Nc1ccc(C(=O)O)c(O)c1. The summed E-state index contributed by atoms with van der Waals surface area (Å²) in [6.45, 7) is -0.293. The van der Waals surface area contributed by atoms with Crippen LogP contribution in [0.2, 0.25) is 0 Å². The van der Waals surface area contributed by atoms with E-state index in [9.17, 15) is 19.5 Å². The monoisotopic (exact) mass is 414 g/mol. The maximum Gasteiger partial charge on any atom is 0.339 e. The summed E-state index contributed by atoms with van der Waals surface area (Å²) in [5.41, 5.74) is 0.778. The summed E-state index contributed by atoms with van der Waals surface area (Å²) in [6, 6.07) is 12.9. The molecule has 2 aromatic rings. The summed E-state index contributed by atoms with van der Waals surface area (Å²) >= 11 is 6.32. The van der Waals surface area contributed by atoms with Crippen molar-refractivity contribution in [2.75, 3.05) is 11.9 Å². The Kier molecular flexibility index (Phi) is 5.76. The van der Waals surface area contributed by atoms with Gasteiger partial charge in [0.2, 0.25) is 5.91 Å². The van der Waals surface area contributed by atoms with Crippen molar-refractivity contribution >= 4 is 57.8 Å². The number of aromatic carboxylic acids is 1. The van der Waals surface area contributed by atoms with Gasteiger partial charge in [0, 0.05) is 11.8 Å². The van der Waals surface area contributed by atoms with E-state index in [1.165, 1.54) is 17.0 Å². The average Bonchev–Trinajstić information content (AvgIpc) is 2.89. The molecule has 2 amide bonds. The van der Waals surface area contributed by atoms with Crippen molar-refractivity contribution < 1.29 is 24.6 Å². The highest BCUT2D eigenvalue weighted by atomic mass is 32.2. The van der Waals surface area contributed by atoms with E-state index < -0.39 is 17.6 Å². The molecule has 0 aliphatic carbocycles. The molecule has 142 valence electrons. The van der Waals surface area contributed by atoms with Gasteiger partial charge in [0.25, 0.3) is 5.91 Å². The molecule has 3 rings (SSSR count). The number of carbonyl (C=O) groups is 3. The Balaban J connectivity index is 1.68. The molecule has 1 aliphatic rings. The molecule has 1 fully saturated rings. The predicted molar refractivity (Wildman–Crippen MR) is 110 cm³/mol. The van der Waals surface area contributed by atoms with Crippen molar-refractivity contribution in [2.24, 2.45) is 0 Å². The van der Waals surface area contributed by atoms with Crippen LogP contribution in [0.5, 0.6) is 5.75 Å². The zero-order valence-electron chi connectivity index (χ0n) is 14.3. The van der Waals surface area contributed by atoms with E-state index in [1.54, 1.807) is 6.08 Å². The molecule has 7 nitrogen and oxygen atoms in total. The fraction of sp³-hybridized carbons (Fsp3) is 0.0526. The maximum absolute atomic E-state index is 12.5. The fourth-order valence-corrected chi connectivity index (χ4v) is 3.73. The minimum atomic E-state index is -1.28. The number of rotatable bonds is 5. The number of phenols is 1. The second kappa shape index (κ2) is 8.24. The number of nitrogens with one attached hydrogen (secondary N) is 1.